The molecule has 2 nitrogen and oxygen atoms in total. The Morgan fingerprint density at radius 3 is 2.50 bits per heavy atom. The average molecular weight is 215 g/mol. The largest absolute Gasteiger partial charge is 0.411 e. The number of benzene rings is 1. The predicted octanol–water partition coefficient (Wildman–Crippen LogP) is 3.72. The summed E-state index contributed by atoms with van der Waals surface area (Å²) in [5.41, 5.74) is 3.17. The Morgan fingerprint density at radius 2 is 1.88 bits per heavy atom. The van der Waals surface area contributed by atoms with E-state index in [0.29, 0.717) is 0 Å². The van der Waals surface area contributed by atoms with Crippen LogP contribution in [0, 0.1) is 5.41 Å². The van der Waals surface area contributed by atoms with Crippen molar-refractivity contribution in [2.45, 2.75) is 26.7 Å². The standard InChI is InChI=1S/C14H17NO/c1-14(2)12(9-6-10-13(14)15-16)11-7-4-3-5-8-11/h3-5,7-9,16H,6,10H2,1-2H3/b15-13+. The number of rotatable bonds is 1. The maximum absolute atomic E-state index is 9.05. The van der Waals surface area contributed by atoms with Gasteiger partial charge in [0.15, 0.2) is 0 Å². The van der Waals surface area contributed by atoms with E-state index in [1.54, 1.807) is 0 Å². The topological polar surface area (TPSA) is 32.6 Å². The van der Waals surface area contributed by atoms with Gasteiger partial charge in [-0.25, -0.2) is 0 Å². The molecule has 1 aliphatic carbocycles. The molecule has 0 amide bonds. The molecule has 0 bridgehead atoms. The van der Waals surface area contributed by atoms with E-state index in [0.717, 1.165) is 18.6 Å². The molecule has 0 heterocycles. The highest BCUT2D eigenvalue weighted by Crippen LogP contribution is 2.40. The van der Waals surface area contributed by atoms with E-state index in [1.165, 1.54) is 11.1 Å². The number of allylic oxidation sites excluding steroid dienone is 2. The van der Waals surface area contributed by atoms with Crippen LogP contribution in [0.15, 0.2) is 41.6 Å². The quantitative estimate of drug-likeness (QED) is 0.562. The van der Waals surface area contributed by atoms with Crippen LogP contribution in [0.3, 0.4) is 0 Å². The third-order valence-corrected chi connectivity index (χ3v) is 3.33. The Hall–Kier alpha value is -1.57. The van der Waals surface area contributed by atoms with E-state index < -0.39 is 0 Å². The van der Waals surface area contributed by atoms with Crippen molar-refractivity contribution in [1.29, 1.82) is 0 Å². The molecule has 2 heteroatoms. The minimum atomic E-state index is -0.172. The van der Waals surface area contributed by atoms with Crippen LogP contribution >= 0.6 is 0 Å². The predicted molar refractivity (Wildman–Crippen MR) is 66.7 cm³/mol. The van der Waals surface area contributed by atoms with Gasteiger partial charge in [-0.15, -0.1) is 0 Å². The normalized spacial score (nSPS) is 21.9. The van der Waals surface area contributed by atoms with Gasteiger partial charge in [-0.1, -0.05) is 55.4 Å². The molecule has 1 aliphatic rings. The molecule has 0 saturated heterocycles. The SMILES string of the molecule is CC1(C)C(c2ccccc2)=CCC/C1=N\O. The molecule has 2 rings (SSSR count). The summed E-state index contributed by atoms with van der Waals surface area (Å²) in [5.74, 6) is 0. The molecule has 0 spiro atoms. The van der Waals surface area contributed by atoms with Crippen molar-refractivity contribution in [1.82, 2.24) is 0 Å². The lowest BCUT2D eigenvalue weighted by Crippen LogP contribution is -2.28. The van der Waals surface area contributed by atoms with Crippen LogP contribution in [-0.2, 0) is 0 Å². The zero-order valence-corrected chi connectivity index (χ0v) is 9.77. The minimum absolute atomic E-state index is 0.172. The van der Waals surface area contributed by atoms with E-state index in [9.17, 15) is 0 Å². The number of nitrogens with zero attached hydrogens (tertiary/aromatic N) is 1. The monoisotopic (exact) mass is 215 g/mol. The molecule has 0 unspecified atom stereocenters. The zero-order chi connectivity index (χ0) is 11.6. The van der Waals surface area contributed by atoms with Crippen LogP contribution in [0.25, 0.3) is 5.57 Å². The molecule has 1 N–H and O–H groups in total. The Balaban J connectivity index is 2.46. The highest BCUT2D eigenvalue weighted by molar-refractivity contribution is 6.01. The van der Waals surface area contributed by atoms with Crippen molar-refractivity contribution in [3.8, 4) is 0 Å². The second-order valence-electron chi connectivity index (χ2n) is 4.69. The first-order valence-electron chi connectivity index (χ1n) is 5.63. The Morgan fingerprint density at radius 1 is 1.19 bits per heavy atom. The van der Waals surface area contributed by atoms with Crippen LogP contribution in [-0.4, -0.2) is 10.9 Å². The van der Waals surface area contributed by atoms with Crippen molar-refractivity contribution >= 4 is 11.3 Å². The van der Waals surface area contributed by atoms with Gasteiger partial charge < -0.3 is 5.21 Å². The second kappa shape index (κ2) is 4.12. The molecule has 16 heavy (non-hydrogen) atoms. The Labute approximate surface area is 96.3 Å². The lowest BCUT2D eigenvalue weighted by Gasteiger charge is -2.32. The third kappa shape index (κ3) is 1.75. The van der Waals surface area contributed by atoms with Gasteiger partial charge >= 0.3 is 0 Å². The van der Waals surface area contributed by atoms with E-state index in [1.807, 2.05) is 18.2 Å². The van der Waals surface area contributed by atoms with Gasteiger partial charge in [-0.3, -0.25) is 0 Å². The van der Waals surface area contributed by atoms with Gasteiger partial charge in [0.1, 0.15) is 0 Å². The highest BCUT2D eigenvalue weighted by Gasteiger charge is 2.33. The summed E-state index contributed by atoms with van der Waals surface area (Å²) < 4.78 is 0. The number of oxime groups is 1. The van der Waals surface area contributed by atoms with E-state index in [4.69, 9.17) is 5.21 Å². The van der Waals surface area contributed by atoms with Gasteiger partial charge in [0.05, 0.1) is 5.71 Å². The second-order valence-corrected chi connectivity index (χ2v) is 4.69. The van der Waals surface area contributed by atoms with E-state index in [2.05, 4.69) is 37.2 Å². The maximum Gasteiger partial charge on any atom is 0.0673 e. The van der Waals surface area contributed by atoms with Gasteiger partial charge in [-0.05, 0) is 24.0 Å². The van der Waals surface area contributed by atoms with Crippen molar-refractivity contribution in [3.63, 3.8) is 0 Å². The van der Waals surface area contributed by atoms with Crippen LogP contribution in [0.2, 0.25) is 0 Å². The first-order chi connectivity index (χ1) is 7.66. The number of hydrogen-bond acceptors (Lipinski definition) is 2. The van der Waals surface area contributed by atoms with Crippen LogP contribution in [0.4, 0.5) is 0 Å². The third-order valence-electron chi connectivity index (χ3n) is 3.33. The van der Waals surface area contributed by atoms with E-state index in [-0.39, 0.29) is 5.41 Å². The van der Waals surface area contributed by atoms with E-state index >= 15 is 0 Å². The maximum atomic E-state index is 9.05. The van der Waals surface area contributed by atoms with Gasteiger partial charge in [0, 0.05) is 5.41 Å². The summed E-state index contributed by atoms with van der Waals surface area (Å²) in [5, 5.41) is 12.5. The summed E-state index contributed by atoms with van der Waals surface area (Å²) in [4.78, 5) is 0. The summed E-state index contributed by atoms with van der Waals surface area (Å²) in [6.07, 6.45) is 4.05. The first kappa shape index (κ1) is 10.9. The fraction of sp³-hybridized carbons (Fsp3) is 0.357. The fourth-order valence-electron chi connectivity index (χ4n) is 2.35. The summed E-state index contributed by atoms with van der Waals surface area (Å²) in [6, 6.07) is 10.3. The highest BCUT2D eigenvalue weighted by atomic mass is 16.4. The minimum Gasteiger partial charge on any atom is -0.411 e. The van der Waals surface area contributed by atoms with Crippen LogP contribution in [0.1, 0.15) is 32.3 Å². The van der Waals surface area contributed by atoms with Crippen molar-refractivity contribution in [3.05, 3.63) is 42.0 Å². The molecule has 1 aromatic rings. The molecule has 0 aliphatic heterocycles. The average Bonchev–Trinajstić information content (AvgIpc) is 2.29. The van der Waals surface area contributed by atoms with Gasteiger partial charge in [-0.2, -0.15) is 0 Å². The van der Waals surface area contributed by atoms with Crippen molar-refractivity contribution < 1.29 is 5.21 Å². The van der Waals surface area contributed by atoms with Crippen molar-refractivity contribution in [2.24, 2.45) is 10.6 Å². The molecule has 0 atom stereocenters. The molecule has 1 aromatic carbocycles. The summed E-state index contributed by atoms with van der Waals surface area (Å²) >= 11 is 0. The fourth-order valence-corrected chi connectivity index (χ4v) is 2.35. The molecule has 0 radical (unpaired) electrons. The summed E-state index contributed by atoms with van der Waals surface area (Å²) in [7, 11) is 0. The van der Waals surface area contributed by atoms with Crippen LogP contribution < -0.4 is 0 Å². The lowest BCUT2D eigenvalue weighted by molar-refractivity contribution is 0.311. The molecular formula is C14H17NO. The number of hydrogen-bond donors (Lipinski definition) is 1. The smallest absolute Gasteiger partial charge is 0.0673 e. The molecular weight excluding hydrogens is 198 g/mol. The first-order valence-corrected chi connectivity index (χ1v) is 5.63. The molecule has 0 aromatic heterocycles. The Bertz CT molecular complexity index is 429. The molecule has 84 valence electrons. The molecule has 0 saturated carbocycles. The lowest BCUT2D eigenvalue weighted by atomic mass is 9.71. The Kier molecular flexibility index (Phi) is 2.82. The zero-order valence-electron chi connectivity index (χ0n) is 9.77. The van der Waals surface area contributed by atoms with Gasteiger partial charge in [0.25, 0.3) is 0 Å². The van der Waals surface area contributed by atoms with Crippen LogP contribution in [0.5, 0.6) is 0 Å². The summed E-state index contributed by atoms with van der Waals surface area (Å²) in [6.45, 7) is 4.22. The van der Waals surface area contributed by atoms with Gasteiger partial charge in [0.2, 0.25) is 0 Å². The van der Waals surface area contributed by atoms with Crippen molar-refractivity contribution in [2.75, 3.05) is 0 Å². The molecule has 0 fully saturated rings.